The van der Waals surface area contributed by atoms with E-state index in [2.05, 4.69) is 26.6 Å². The van der Waals surface area contributed by atoms with Crippen molar-refractivity contribution in [1.29, 1.82) is 0 Å². The van der Waals surface area contributed by atoms with E-state index in [1.54, 1.807) is 6.20 Å². The van der Waals surface area contributed by atoms with E-state index in [0.29, 0.717) is 38.3 Å². The number of nitrogens with one attached hydrogen (secondary N) is 5. The molecule has 0 spiro atoms. The molecule has 0 saturated carbocycles. The molecular formula is C24H44N6O4. The van der Waals surface area contributed by atoms with Crippen molar-refractivity contribution in [2.45, 2.75) is 91.8 Å². The van der Waals surface area contributed by atoms with Crippen LogP contribution >= 0.6 is 0 Å². The largest absolute Gasteiger partial charge is 0.372 e. The zero-order valence-electron chi connectivity index (χ0n) is 21.5. The number of rotatable bonds is 15. The van der Waals surface area contributed by atoms with Crippen LogP contribution in [-0.2, 0) is 19.2 Å². The molecule has 7 N–H and O–H groups in total. The van der Waals surface area contributed by atoms with Gasteiger partial charge in [-0.05, 0) is 37.0 Å². The standard InChI is InChI=1S/C24H44N6O4/c1-14(2)7-8-21(31)28-20(11-17-12-26-13-27-17)24(34)30-19(10-16(5)6)23(33)29-18(22(25)32)9-15(3)4/h12,14-16,18-20,26-27H,7-11,13H2,1-6H3,(H2,25,32)(H,28,31)(H,29,33)(H,30,34)/t18-,19-,20-/m0/s1. The molecule has 1 heterocycles. The van der Waals surface area contributed by atoms with E-state index in [4.69, 9.17) is 5.73 Å². The molecule has 0 aromatic heterocycles. The van der Waals surface area contributed by atoms with Crippen LogP contribution in [0.25, 0.3) is 0 Å². The number of nitrogens with two attached hydrogens (primary N) is 1. The lowest BCUT2D eigenvalue weighted by molar-refractivity contribution is -0.133. The van der Waals surface area contributed by atoms with Crippen LogP contribution in [0.1, 0.15) is 73.6 Å². The molecule has 10 nitrogen and oxygen atoms in total. The van der Waals surface area contributed by atoms with E-state index in [9.17, 15) is 19.2 Å². The fraction of sp³-hybridized carbons (Fsp3) is 0.750. The molecule has 0 saturated heterocycles. The molecule has 0 aromatic rings. The van der Waals surface area contributed by atoms with E-state index in [1.807, 2.05) is 41.5 Å². The first-order valence-corrected chi connectivity index (χ1v) is 12.2. The molecule has 3 atom stereocenters. The van der Waals surface area contributed by atoms with Gasteiger partial charge in [-0.25, -0.2) is 0 Å². The van der Waals surface area contributed by atoms with Crippen molar-refractivity contribution in [2.24, 2.45) is 23.5 Å². The molecule has 1 aliphatic heterocycles. The summed E-state index contributed by atoms with van der Waals surface area (Å²) in [5.41, 5.74) is 6.26. The van der Waals surface area contributed by atoms with Crippen molar-refractivity contribution in [2.75, 3.05) is 6.67 Å². The Hall–Kier alpha value is -2.78. The Bertz CT molecular complexity index is 735. The normalized spacial score (nSPS) is 15.7. The highest BCUT2D eigenvalue weighted by atomic mass is 16.2. The molecule has 10 heteroatoms. The summed E-state index contributed by atoms with van der Waals surface area (Å²) in [7, 11) is 0. The third kappa shape index (κ3) is 11.4. The van der Waals surface area contributed by atoms with Gasteiger partial charge >= 0.3 is 0 Å². The monoisotopic (exact) mass is 480 g/mol. The van der Waals surface area contributed by atoms with Crippen molar-refractivity contribution < 1.29 is 19.2 Å². The molecule has 4 amide bonds. The van der Waals surface area contributed by atoms with Crippen LogP contribution in [0, 0.1) is 17.8 Å². The summed E-state index contributed by atoms with van der Waals surface area (Å²) >= 11 is 0. The molecule has 34 heavy (non-hydrogen) atoms. The third-order valence-corrected chi connectivity index (χ3v) is 5.43. The predicted octanol–water partition coefficient (Wildman–Crippen LogP) is 0.836. The van der Waals surface area contributed by atoms with Crippen molar-refractivity contribution in [3.05, 3.63) is 11.9 Å². The second-order valence-electron chi connectivity index (χ2n) is 10.3. The van der Waals surface area contributed by atoms with Crippen LogP contribution < -0.4 is 32.3 Å². The summed E-state index contributed by atoms with van der Waals surface area (Å²) in [6.07, 6.45) is 3.84. The van der Waals surface area contributed by atoms with Crippen molar-refractivity contribution in [1.82, 2.24) is 26.6 Å². The van der Waals surface area contributed by atoms with Crippen LogP contribution in [0.3, 0.4) is 0 Å². The highest BCUT2D eigenvalue weighted by Crippen LogP contribution is 2.11. The summed E-state index contributed by atoms with van der Waals surface area (Å²) in [5.74, 6) is -1.11. The third-order valence-electron chi connectivity index (χ3n) is 5.43. The topological polar surface area (TPSA) is 154 Å². The first-order valence-electron chi connectivity index (χ1n) is 12.2. The number of primary amides is 1. The lowest BCUT2D eigenvalue weighted by Gasteiger charge is -2.26. The summed E-state index contributed by atoms with van der Waals surface area (Å²) in [5, 5.41) is 14.4. The Labute approximate surface area is 203 Å². The predicted molar refractivity (Wildman–Crippen MR) is 132 cm³/mol. The Morgan fingerprint density at radius 2 is 1.41 bits per heavy atom. The minimum atomic E-state index is -0.861. The molecular weight excluding hydrogens is 436 g/mol. The maximum Gasteiger partial charge on any atom is 0.243 e. The highest BCUT2D eigenvalue weighted by Gasteiger charge is 2.30. The van der Waals surface area contributed by atoms with Gasteiger partial charge in [0.25, 0.3) is 0 Å². The average Bonchev–Trinajstić information content (AvgIpc) is 3.23. The van der Waals surface area contributed by atoms with Gasteiger partial charge in [0.15, 0.2) is 0 Å². The van der Waals surface area contributed by atoms with Gasteiger partial charge in [0, 0.05) is 24.7 Å². The van der Waals surface area contributed by atoms with Gasteiger partial charge in [0.1, 0.15) is 18.1 Å². The lowest BCUT2D eigenvalue weighted by Crippen LogP contribution is -2.57. The van der Waals surface area contributed by atoms with Crippen molar-refractivity contribution in [3.8, 4) is 0 Å². The van der Waals surface area contributed by atoms with E-state index in [1.165, 1.54) is 0 Å². The molecule has 0 aromatic carbocycles. The van der Waals surface area contributed by atoms with E-state index >= 15 is 0 Å². The maximum absolute atomic E-state index is 13.2. The minimum Gasteiger partial charge on any atom is -0.372 e. The summed E-state index contributed by atoms with van der Waals surface area (Å²) < 4.78 is 0. The van der Waals surface area contributed by atoms with Gasteiger partial charge in [-0.1, -0.05) is 41.5 Å². The first-order chi connectivity index (χ1) is 15.9. The van der Waals surface area contributed by atoms with Gasteiger partial charge in [-0.3, -0.25) is 19.2 Å². The Morgan fingerprint density at radius 1 is 0.853 bits per heavy atom. The van der Waals surface area contributed by atoms with Crippen LogP contribution in [0.5, 0.6) is 0 Å². The summed E-state index contributed by atoms with van der Waals surface area (Å²) in [4.78, 5) is 50.6. The highest BCUT2D eigenvalue weighted by molar-refractivity contribution is 5.94. The molecule has 0 fully saturated rings. The van der Waals surface area contributed by atoms with E-state index < -0.39 is 35.8 Å². The van der Waals surface area contributed by atoms with Crippen molar-refractivity contribution in [3.63, 3.8) is 0 Å². The van der Waals surface area contributed by atoms with Gasteiger partial charge in [0.2, 0.25) is 23.6 Å². The van der Waals surface area contributed by atoms with Gasteiger partial charge in [-0.2, -0.15) is 0 Å². The molecule has 1 rings (SSSR count). The van der Waals surface area contributed by atoms with E-state index in [-0.39, 0.29) is 24.2 Å². The molecule has 0 bridgehead atoms. The number of hydrogen-bond donors (Lipinski definition) is 6. The molecule has 0 radical (unpaired) electrons. The molecule has 194 valence electrons. The summed E-state index contributed by atoms with van der Waals surface area (Å²) in [6, 6.07) is -2.52. The van der Waals surface area contributed by atoms with Gasteiger partial charge in [0.05, 0.1) is 6.67 Å². The van der Waals surface area contributed by atoms with E-state index in [0.717, 1.165) is 5.70 Å². The van der Waals surface area contributed by atoms with Crippen molar-refractivity contribution >= 4 is 23.6 Å². The zero-order chi connectivity index (χ0) is 25.8. The molecule has 0 aliphatic carbocycles. The fourth-order valence-corrected chi connectivity index (χ4v) is 3.60. The number of carbonyl (C=O) groups excluding carboxylic acids is 4. The number of amides is 4. The quantitative estimate of drug-likeness (QED) is 0.204. The molecule has 0 unspecified atom stereocenters. The second-order valence-corrected chi connectivity index (χ2v) is 10.3. The number of carbonyl (C=O) groups is 4. The van der Waals surface area contributed by atoms with Gasteiger partial charge < -0.3 is 32.3 Å². The zero-order valence-corrected chi connectivity index (χ0v) is 21.5. The lowest BCUT2D eigenvalue weighted by atomic mass is 9.99. The summed E-state index contributed by atoms with van der Waals surface area (Å²) in [6.45, 7) is 12.4. The van der Waals surface area contributed by atoms with Crippen LogP contribution in [-0.4, -0.2) is 48.4 Å². The Balaban J connectivity index is 2.96. The Kier molecular flexibility index (Phi) is 12.5. The average molecular weight is 481 g/mol. The Morgan fingerprint density at radius 3 is 1.91 bits per heavy atom. The molecule has 1 aliphatic rings. The van der Waals surface area contributed by atoms with Crippen LogP contribution in [0.15, 0.2) is 11.9 Å². The SMILES string of the molecule is CC(C)CCC(=O)N[C@@H](CC1=CNCN1)C(=O)N[C@@H](CC(C)C)C(=O)N[C@@H](CC(C)C)C(N)=O. The van der Waals surface area contributed by atoms with Gasteiger partial charge in [-0.15, -0.1) is 0 Å². The van der Waals surface area contributed by atoms with Crippen LogP contribution in [0.4, 0.5) is 0 Å². The fourth-order valence-electron chi connectivity index (χ4n) is 3.60. The smallest absolute Gasteiger partial charge is 0.243 e. The van der Waals surface area contributed by atoms with Crippen LogP contribution in [0.2, 0.25) is 0 Å². The minimum absolute atomic E-state index is 0.107. The number of hydrogen-bond acceptors (Lipinski definition) is 6. The second kappa shape index (κ2) is 14.5. The first kappa shape index (κ1) is 29.3. The maximum atomic E-state index is 13.2.